The fourth-order valence-electron chi connectivity index (χ4n) is 3.28. The third kappa shape index (κ3) is 3.78. The van der Waals surface area contributed by atoms with Crippen LogP contribution in [-0.2, 0) is 9.16 Å². The van der Waals surface area contributed by atoms with Gasteiger partial charge in [-0.15, -0.1) is 0 Å². The van der Waals surface area contributed by atoms with Gasteiger partial charge in [-0.25, -0.2) is 0 Å². The molecule has 21 heavy (non-hydrogen) atoms. The molecule has 0 aromatic rings. The molecule has 2 heterocycles. The molecule has 0 amide bonds. The second kappa shape index (κ2) is 6.53. The molecular formula is C17H32O3Si. The molecule has 2 aliphatic heterocycles. The molecule has 2 saturated heterocycles. The van der Waals surface area contributed by atoms with E-state index in [1.165, 1.54) is 12.8 Å². The molecule has 1 N–H and O–H groups in total. The molecule has 3 nitrogen and oxygen atoms in total. The van der Waals surface area contributed by atoms with Crippen LogP contribution in [0, 0.1) is 11.8 Å². The Kier molecular flexibility index (Phi) is 5.34. The molecule has 0 aromatic heterocycles. The quantitative estimate of drug-likeness (QED) is 0.600. The van der Waals surface area contributed by atoms with E-state index in [4.69, 9.17) is 14.3 Å². The minimum absolute atomic E-state index is 0.132. The van der Waals surface area contributed by atoms with Crippen LogP contribution in [0.4, 0.5) is 0 Å². The van der Waals surface area contributed by atoms with Crippen molar-refractivity contribution in [1.82, 2.24) is 0 Å². The van der Waals surface area contributed by atoms with Crippen molar-refractivity contribution in [2.75, 3.05) is 13.2 Å². The van der Waals surface area contributed by atoms with Gasteiger partial charge in [-0.05, 0) is 43.3 Å². The highest BCUT2D eigenvalue weighted by Gasteiger charge is 2.49. The van der Waals surface area contributed by atoms with Crippen molar-refractivity contribution in [1.29, 1.82) is 0 Å². The molecule has 0 radical (unpaired) electrons. The number of allylic oxidation sites excluding steroid dienone is 1. The Morgan fingerprint density at radius 3 is 2.33 bits per heavy atom. The van der Waals surface area contributed by atoms with Crippen LogP contribution < -0.4 is 0 Å². The average molecular weight is 313 g/mol. The molecule has 4 atom stereocenters. The van der Waals surface area contributed by atoms with Gasteiger partial charge in [0.05, 0.1) is 18.8 Å². The molecule has 122 valence electrons. The second-order valence-electron chi connectivity index (χ2n) is 8.08. The first-order chi connectivity index (χ1) is 9.76. The zero-order valence-electron chi connectivity index (χ0n) is 14.3. The van der Waals surface area contributed by atoms with Crippen molar-refractivity contribution < 1.29 is 14.3 Å². The van der Waals surface area contributed by atoms with Gasteiger partial charge in [0.15, 0.2) is 8.32 Å². The number of ether oxygens (including phenoxy) is 1. The number of fused-ring (bicyclic) bond motifs is 2. The Labute approximate surface area is 130 Å². The van der Waals surface area contributed by atoms with Gasteiger partial charge in [0.2, 0.25) is 0 Å². The molecule has 2 rings (SSSR count). The minimum atomic E-state index is -1.68. The molecule has 0 spiro atoms. The SMILES string of the molecule is CC(C)(C)[Si](C)(C)OC[C@H]1[C@@H](CC=CCO)[C@@H]2CC[C@@H]1O2. The first kappa shape index (κ1) is 17.2. The summed E-state index contributed by atoms with van der Waals surface area (Å²) in [7, 11) is -1.68. The summed E-state index contributed by atoms with van der Waals surface area (Å²) >= 11 is 0. The molecule has 0 aromatic carbocycles. The Balaban J connectivity index is 1.95. The lowest BCUT2D eigenvalue weighted by molar-refractivity contribution is 0.0797. The zero-order chi connectivity index (χ0) is 15.7. The summed E-state index contributed by atoms with van der Waals surface area (Å²) in [5.74, 6) is 1.09. The third-order valence-corrected chi connectivity index (χ3v) is 10.2. The van der Waals surface area contributed by atoms with Crippen LogP contribution in [0.3, 0.4) is 0 Å². The van der Waals surface area contributed by atoms with Crippen LogP contribution in [0.1, 0.15) is 40.0 Å². The minimum Gasteiger partial charge on any atom is -0.416 e. The topological polar surface area (TPSA) is 38.7 Å². The lowest BCUT2D eigenvalue weighted by Gasteiger charge is -2.38. The smallest absolute Gasteiger partial charge is 0.191 e. The third-order valence-electron chi connectivity index (χ3n) is 5.71. The monoisotopic (exact) mass is 312 g/mol. The van der Waals surface area contributed by atoms with E-state index in [1.54, 1.807) is 0 Å². The number of hydrogen-bond donors (Lipinski definition) is 1. The standard InChI is InChI=1S/C17H32O3Si/c1-17(2,3)21(4,5)19-12-14-13(8-6-7-11-18)15-9-10-16(14)20-15/h6-7,13-16,18H,8-12H2,1-5H3/t13-,14+,15+,16+/m1/s1. The summed E-state index contributed by atoms with van der Waals surface area (Å²) in [4.78, 5) is 0. The summed E-state index contributed by atoms with van der Waals surface area (Å²) in [5.41, 5.74) is 0. The van der Waals surface area contributed by atoms with Gasteiger partial charge in [-0.1, -0.05) is 32.9 Å². The Morgan fingerprint density at radius 2 is 1.76 bits per heavy atom. The first-order valence-corrected chi connectivity index (χ1v) is 11.2. The van der Waals surface area contributed by atoms with E-state index in [-0.39, 0.29) is 11.6 Å². The lowest BCUT2D eigenvalue weighted by Crippen LogP contribution is -2.43. The summed E-state index contributed by atoms with van der Waals surface area (Å²) in [6, 6.07) is 0. The summed E-state index contributed by atoms with van der Waals surface area (Å²) < 4.78 is 12.6. The van der Waals surface area contributed by atoms with E-state index in [2.05, 4.69) is 39.9 Å². The summed E-state index contributed by atoms with van der Waals surface area (Å²) in [6.07, 6.45) is 8.15. The number of rotatable bonds is 6. The zero-order valence-corrected chi connectivity index (χ0v) is 15.3. The van der Waals surface area contributed by atoms with E-state index in [9.17, 15) is 0 Å². The van der Waals surface area contributed by atoms with E-state index in [0.717, 1.165) is 13.0 Å². The molecule has 0 aliphatic carbocycles. The summed E-state index contributed by atoms with van der Waals surface area (Å²) in [6.45, 7) is 12.5. The molecule has 2 fully saturated rings. The van der Waals surface area contributed by atoms with Crippen molar-refractivity contribution in [2.45, 2.75) is 70.4 Å². The Hall–Kier alpha value is -0.163. The highest BCUT2D eigenvalue weighted by atomic mass is 28.4. The molecule has 2 bridgehead atoms. The van der Waals surface area contributed by atoms with Gasteiger partial charge >= 0.3 is 0 Å². The highest BCUT2D eigenvalue weighted by Crippen LogP contribution is 2.46. The Morgan fingerprint density at radius 1 is 1.14 bits per heavy atom. The number of aliphatic hydroxyl groups excluding tert-OH is 1. The second-order valence-corrected chi connectivity index (χ2v) is 12.9. The van der Waals surface area contributed by atoms with Gasteiger partial charge in [0.25, 0.3) is 0 Å². The Bertz CT molecular complexity index is 373. The van der Waals surface area contributed by atoms with Crippen molar-refractivity contribution in [3.63, 3.8) is 0 Å². The fraction of sp³-hybridized carbons (Fsp3) is 0.882. The molecule has 0 unspecified atom stereocenters. The van der Waals surface area contributed by atoms with Gasteiger partial charge in [0, 0.05) is 12.5 Å². The molecule has 4 heteroatoms. The van der Waals surface area contributed by atoms with Crippen LogP contribution >= 0.6 is 0 Å². The van der Waals surface area contributed by atoms with Gasteiger partial charge in [0.1, 0.15) is 0 Å². The van der Waals surface area contributed by atoms with E-state index in [0.29, 0.717) is 24.0 Å². The van der Waals surface area contributed by atoms with Crippen molar-refractivity contribution in [3.8, 4) is 0 Å². The number of hydrogen-bond acceptors (Lipinski definition) is 3. The maximum atomic E-state index is 8.90. The van der Waals surface area contributed by atoms with Crippen LogP contribution in [0.15, 0.2) is 12.2 Å². The van der Waals surface area contributed by atoms with Crippen molar-refractivity contribution in [2.24, 2.45) is 11.8 Å². The van der Waals surface area contributed by atoms with Crippen molar-refractivity contribution in [3.05, 3.63) is 12.2 Å². The van der Waals surface area contributed by atoms with Crippen LogP contribution in [0.2, 0.25) is 18.1 Å². The van der Waals surface area contributed by atoms with E-state index < -0.39 is 8.32 Å². The van der Waals surface area contributed by atoms with E-state index in [1.807, 2.05) is 6.08 Å². The lowest BCUT2D eigenvalue weighted by atomic mass is 9.78. The van der Waals surface area contributed by atoms with Crippen molar-refractivity contribution >= 4 is 8.32 Å². The first-order valence-electron chi connectivity index (χ1n) is 8.31. The maximum Gasteiger partial charge on any atom is 0.191 e. The molecule has 0 saturated carbocycles. The average Bonchev–Trinajstić information content (AvgIpc) is 2.96. The normalized spacial score (nSPS) is 33.2. The summed E-state index contributed by atoms with van der Waals surface area (Å²) in [5, 5.41) is 9.16. The van der Waals surface area contributed by atoms with Crippen LogP contribution in [0.5, 0.6) is 0 Å². The van der Waals surface area contributed by atoms with Crippen LogP contribution in [0.25, 0.3) is 0 Å². The van der Waals surface area contributed by atoms with Gasteiger partial charge in [-0.3, -0.25) is 0 Å². The largest absolute Gasteiger partial charge is 0.416 e. The highest BCUT2D eigenvalue weighted by molar-refractivity contribution is 6.74. The molecular weight excluding hydrogens is 280 g/mol. The van der Waals surface area contributed by atoms with Gasteiger partial charge in [-0.2, -0.15) is 0 Å². The predicted octanol–water partition coefficient (Wildman–Crippen LogP) is 3.74. The number of aliphatic hydroxyl groups is 1. The predicted molar refractivity (Wildman–Crippen MR) is 88.9 cm³/mol. The van der Waals surface area contributed by atoms with E-state index >= 15 is 0 Å². The maximum absolute atomic E-state index is 8.90. The fourth-order valence-corrected chi connectivity index (χ4v) is 4.32. The van der Waals surface area contributed by atoms with Gasteiger partial charge < -0.3 is 14.3 Å². The molecule has 2 aliphatic rings. The van der Waals surface area contributed by atoms with Crippen LogP contribution in [-0.4, -0.2) is 38.8 Å².